The van der Waals surface area contributed by atoms with Crippen LogP contribution in [0.3, 0.4) is 0 Å². The molecule has 170 valence electrons. The van der Waals surface area contributed by atoms with Crippen molar-refractivity contribution < 1.29 is 18.7 Å². The van der Waals surface area contributed by atoms with Crippen LogP contribution in [-0.2, 0) is 17.7 Å². The van der Waals surface area contributed by atoms with Gasteiger partial charge in [0.05, 0.1) is 13.7 Å². The van der Waals surface area contributed by atoms with Crippen LogP contribution in [-0.4, -0.2) is 55.1 Å². The van der Waals surface area contributed by atoms with Crippen molar-refractivity contribution in [3.05, 3.63) is 35.5 Å². The van der Waals surface area contributed by atoms with Gasteiger partial charge in [-0.1, -0.05) is 11.2 Å². The zero-order valence-corrected chi connectivity index (χ0v) is 18.8. The van der Waals surface area contributed by atoms with Crippen LogP contribution in [0.25, 0.3) is 0 Å². The predicted octanol–water partition coefficient (Wildman–Crippen LogP) is 4.22. The van der Waals surface area contributed by atoms with Crippen molar-refractivity contribution in [2.24, 2.45) is 5.92 Å². The van der Waals surface area contributed by atoms with Crippen molar-refractivity contribution in [1.29, 1.82) is 0 Å². The minimum absolute atomic E-state index is 0.375. The fourth-order valence-corrected chi connectivity index (χ4v) is 4.59. The zero-order valence-electron chi connectivity index (χ0n) is 18.8. The molecule has 4 rings (SSSR count). The number of benzene rings is 1. The van der Waals surface area contributed by atoms with E-state index < -0.39 is 0 Å². The highest BCUT2D eigenvalue weighted by Gasteiger charge is 2.23. The molecular weight excluding hydrogens is 394 g/mol. The lowest BCUT2D eigenvalue weighted by Crippen LogP contribution is -2.33. The van der Waals surface area contributed by atoms with E-state index in [2.05, 4.69) is 27.2 Å². The van der Waals surface area contributed by atoms with Crippen LogP contribution in [0.2, 0.25) is 0 Å². The van der Waals surface area contributed by atoms with Crippen molar-refractivity contribution in [3.8, 4) is 11.5 Å². The molecule has 2 aliphatic heterocycles. The molecule has 0 aliphatic carbocycles. The Balaban J connectivity index is 1.21. The van der Waals surface area contributed by atoms with E-state index in [1.165, 1.54) is 18.4 Å². The van der Waals surface area contributed by atoms with Crippen molar-refractivity contribution in [1.82, 2.24) is 15.0 Å². The molecular formula is C24H35N3O4. The Morgan fingerprint density at radius 2 is 1.90 bits per heavy atom. The Hall–Kier alpha value is -2.12. The van der Waals surface area contributed by atoms with Crippen LogP contribution in [0.15, 0.2) is 22.7 Å². The first-order valence-corrected chi connectivity index (χ1v) is 11.7. The van der Waals surface area contributed by atoms with Crippen LogP contribution in [0.1, 0.15) is 62.2 Å². The number of methoxy groups -OCH3 is 1. The molecule has 0 saturated carbocycles. The zero-order chi connectivity index (χ0) is 21.5. The molecule has 0 radical (unpaired) electrons. The number of piperidine rings is 1. The summed E-state index contributed by atoms with van der Waals surface area (Å²) >= 11 is 0. The van der Waals surface area contributed by atoms with E-state index >= 15 is 0 Å². The number of aromatic nitrogens is 2. The van der Waals surface area contributed by atoms with E-state index in [1.807, 2.05) is 13.0 Å². The smallest absolute Gasteiger partial charge is 0.229 e. The Morgan fingerprint density at radius 3 is 2.65 bits per heavy atom. The third-order valence-corrected chi connectivity index (χ3v) is 6.47. The van der Waals surface area contributed by atoms with Gasteiger partial charge >= 0.3 is 0 Å². The maximum atomic E-state index is 5.63. The number of ether oxygens (including phenoxy) is 3. The van der Waals surface area contributed by atoms with Gasteiger partial charge in [0.15, 0.2) is 17.3 Å². The molecule has 2 aromatic rings. The minimum Gasteiger partial charge on any atom is -0.493 e. The van der Waals surface area contributed by atoms with Crippen molar-refractivity contribution in [3.63, 3.8) is 0 Å². The lowest BCUT2D eigenvalue weighted by atomic mass is 9.92. The molecule has 0 amide bonds. The normalized spacial score (nSPS) is 18.9. The first-order valence-electron chi connectivity index (χ1n) is 11.7. The molecule has 7 heteroatoms. The first-order chi connectivity index (χ1) is 15.2. The van der Waals surface area contributed by atoms with Gasteiger partial charge in [0, 0.05) is 32.1 Å². The standard InChI is InChI=1S/C24H35N3O4/c1-3-30-21-6-4-19(16-22(21)28-2)17-27-12-8-18(9-13-27)5-7-23-25-24(31-26-23)20-10-14-29-15-11-20/h4,6,16,18,20H,3,5,7-15,17H2,1-2H3. The summed E-state index contributed by atoms with van der Waals surface area (Å²) in [4.78, 5) is 7.19. The molecule has 0 atom stereocenters. The van der Waals surface area contributed by atoms with Crippen LogP contribution in [0, 0.1) is 5.92 Å². The second kappa shape index (κ2) is 11.0. The van der Waals surface area contributed by atoms with Crippen LogP contribution >= 0.6 is 0 Å². The van der Waals surface area contributed by atoms with Crippen molar-refractivity contribution >= 4 is 0 Å². The lowest BCUT2D eigenvalue weighted by molar-refractivity contribution is 0.0778. The van der Waals surface area contributed by atoms with Gasteiger partial charge in [-0.3, -0.25) is 4.90 Å². The highest BCUT2D eigenvalue weighted by atomic mass is 16.5. The largest absolute Gasteiger partial charge is 0.493 e. The first kappa shape index (κ1) is 22.1. The summed E-state index contributed by atoms with van der Waals surface area (Å²) in [7, 11) is 1.70. The molecule has 7 nitrogen and oxygen atoms in total. The average Bonchev–Trinajstić information content (AvgIpc) is 3.29. The summed E-state index contributed by atoms with van der Waals surface area (Å²) in [6.45, 7) is 7.42. The molecule has 0 bridgehead atoms. The number of hydrogen-bond donors (Lipinski definition) is 0. The van der Waals surface area contributed by atoms with Crippen molar-refractivity contribution in [2.45, 2.75) is 57.9 Å². The fraction of sp³-hybridized carbons (Fsp3) is 0.667. The molecule has 1 aromatic heterocycles. The molecule has 2 aliphatic rings. The monoisotopic (exact) mass is 429 g/mol. The average molecular weight is 430 g/mol. The molecule has 1 aromatic carbocycles. The summed E-state index contributed by atoms with van der Waals surface area (Å²) in [5.74, 6) is 4.41. The summed E-state index contributed by atoms with van der Waals surface area (Å²) in [6.07, 6.45) is 6.46. The van der Waals surface area contributed by atoms with Gasteiger partial charge in [-0.25, -0.2) is 0 Å². The van der Waals surface area contributed by atoms with Crippen LogP contribution in [0.4, 0.5) is 0 Å². The van der Waals surface area contributed by atoms with E-state index in [0.29, 0.717) is 12.5 Å². The maximum absolute atomic E-state index is 5.63. The van der Waals surface area contributed by atoms with Gasteiger partial charge in [0.1, 0.15) is 0 Å². The topological polar surface area (TPSA) is 69.9 Å². The summed E-state index contributed by atoms with van der Waals surface area (Å²) in [6, 6.07) is 6.26. The Morgan fingerprint density at radius 1 is 1.10 bits per heavy atom. The van der Waals surface area contributed by atoms with Gasteiger partial charge in [-0.2, -0.15) is 4.98 Å². The number of aryl methyl sites for hydroxylation is 1. The predicted molar refractivity (Wildman–Crippen MR) is 118 cm³/mol. The van der Waals surface area contributed by atoms with Gasteiger partial charge in [0.25, 0.3) is 0 Å². The second-order valence-electron chi connectivity index (χ2n) is 8.61. The van der Waals surface area contributed by atoms with E-state index in [-0.39, 0.29) is 0 Å². The third-order valence-electron chi connectivity index (χ3n) is 6.47. The molecule has 3 heterocycles. The number of likely N-dealkylation sites (tertiary alicyclic amines) is 1. The van der Waals surface area contributed by atoms with Crippen molar-refractivity contribution in [2.75, 3.05) is 40.0 Å². The van der Waals surface area contributed by atoms with Gasteiger partial charge in [-0.15, -0.1) is 0 Å². The second-order valence-corrected chi connectivity index (χ2v) is 8.61. The van der Waals surface area contributed by atoms with E-state index in [0.717, 1.165) is 87.7 Å². The molecule has 2 saturated heterocycles. The summed E-state index contributed by atoms with van der Waals surface area (Å²) in [5, 5.41) is 4.22. The van der Waals surface area contributed by atoms with Crippen LogP contribution < -0.4 is 9.47 Å². The highest BCUT2D eigenvalue weighted by molar-refractivity contribution is 5.42. The summed E-state index contributed by atoms with van der Waals surface area (Å²) in [5.41, 5.74) is 1.27. The Labute approximate surface area is 185 Å². The van der Waals surface area contributed by atoms with Crippen LogP contribution in [0.5, 0.6) is 11.5 Å². The molecule has 31 heavy (non-hydrogen) atoms. The minimum atomic E-state index is 0.375. The quantitative estimate of drug-likeness (QED) is 0.591. The highest BCUT2D eigenvalue weighted by Crippen LogP contribution is 2.30. The van der Waals surface area contributed by atoms with Gasteiger partial charge < -0.3 is 18.7 Å². The Bertz CT molecular complexity index is 811. The number of hydrogen-bond acceptors (Lipinski definition) is 7. The number of nitrogens with zero attached hydrogens (tertiary/aromatic N) is 3. The summed E-state index contributed by atoms with van der Waals surface area (Å²) < 4.78 is 22.1. The SMILES string of the molecule is CCOc1ccc(CN2CCC(CCc3noc(C4CCOCC4)n3)CC2)cc1OC. The van der Waals surface area contributed by atoms with Gasteiger partial charge in [0.2, 0.25) is 5.89 Å². The molecule has 0 spiro atoms. The Kier molecular flexibility index (Phi) is 7.81. The van der Waals surface area contributed by atoms with Gasteiger partial charge in [-0.05, 0) is 75.7 Å². The molecule has 0 N–H and O–H groups in total. The fourth-order valence-electron chi connectivity index (χ4n) is 4.59. The maximum Gasteiger partial charge on any atom is 0.229 e. The molecule has 2 fully saturated rings. The van der Waals surface area contributed by atoms with E-state index in [4.69, 9.17) is 18.7 Å². The lowest BCUT2D eigenvalue weighted by Gasteiger charge is -2.32. The molecule has 0 unspecified atom stereocenters. The number of rotatable bonds is 9. The van der Waals surface area contributed by atoms with E-state index in [9.17, 15) is 0 Å². The van der Waals surface area contributed by atoms with E-state index in [1.54, 1.807) is 7.11 Å². The third kappa shape index (κ3) is 5.98.